The maximum Gasteiger partial charge on any atom is 0.228 e. The van der Waals surface area contributed by atoms with E-state index in [0.29, 0.717) is 12.5 Å². The second-order valence-corrected chi connectivity index (χ2v) is 5.93. The van der Waals surface area contributed by atoms with E-state index in [9.17, 15) is 4.79 Å². The van der Waals surface area contributed by atoms with Crippen molar-refractivity contribution < 1.29 is 4.79 Å². The summed E-state index contributed by atoms with van der Waals surface area (Å²) in [5.74, 6) is 0.179. The third-order valence-corrected chi connectivity index (χ3v) is 4.14. The Labute approximate surface area is 130 Å². The number of amides is 1. The van der Waals surface area contributed by atoms with Gasteiger partial charge in [-0.1, -0.05) is 12.1 Å². The van der Waals surface area contributed by atoms with Crippen LogP contribution in [0.1, 0.15) is 24.1 Å². The zero-order valence-corrected chi connectivity index (χ0v) is 12.9. The van der Waals surface area contributed by atoms with Gasteiger partial charge in [0.05, 0.1) is 6.42 Å². The van der Waals surface area contributed by atoms with E-state index in [1.54, 1.807) is 6.20 Å². The SMILES string of the molecule is Cc1cccc(NC2CCN(C(=O)Cc3ccn[nH]3)CC2)c1. The zero-order valence-electron chi connectivity index (χ0n) is 12.9. The summed E-state index contributed by atoms with van der Waals surface area (Å²) < 4.78 is 0. The van der Waals surface area contributed by atoms with Crippen LogP contribution < -0.4 is 5.32 Å². The molecule has 0 saturated carbocycles. The number of likely N-dealkylation sites (tertiary alicyclic amines) is 1. The number of aryl methyl sites for hydroxylation is 1. The van der Waals surface area contributed by atoms with Crippen molar-refractivity contribution in [2.75, 3.05) is 18.4 Å². The Balaban J connectivity index is 1.49. The molecule has 22 heavy (non-hydrogen) atoms. The molecule has 3 rings (SSSR count). The topological polar surface area (TPSA) is 61.0 Å². The summed E-state index contributed by atoms with van der Waals surface area (Å²) in [7, 11) is 0. The van der Waals surface area contributed by atoms with Gasteiger partial charge in [-0.15, -0.1) is 0 Å². The minimum Gasteiger partial charge on any atom is -0.382 e. The molecule has 5 nitrogen and oxygen atoms in total. The number of piperidine rings is 1. The first-order chi connectivity index (χ1) is 10.7. The molecule has 1 amide bonds. The molecule has 1 saturated heterocycles. The smallest absolute Gasteiger partial charge is 0.228 e. The number of hydrogen-bond acceptors (Lipinski definition) is 3. The minimum absolute atomic E-state index is 0.179. The number of benzene rings is 1. The van der Waals surface area contributed by atoms with Gasteiger partial charge in [-0.25, -0.2) is 0 Å². The van der Waals surface area contributed by atoms with E-state index < -0.39 is 0 Å². The third-order valence-electron chi connectivity index (χ3n) is 4.14. The van der Waals surface area contributed by atoms with Crippen LogP contribution in [-0.4, -0.2) is 40.1 Å². The van der Waals surface area contributed by atoms with Gasteiger partial charge in [0.15, 0.2) is 0 Å². The number of anilines is 1. The number of nitrogens with one attached hydrogen (secondary N) is 2. The lowest BCUT2D eigenvalue weighted by molar-refractivity contribution is -0.131. The van der Waals surface area contributed by atoms with Crippen molar-refractivity contribution in [3.8, 4) is 0 Å². The first-order valence-electron chi connectivity index (χ1n) is 7.80. The number of hydrogen-bond donors (Lipinski definition) is 2. The molecule has 1 aliphatic rings. The van der Waals surface area contributed by atoms with Crippen molar-refractivity contribution in [1.82, 2.24) is 15.1 Å². The van der Waals surface area contributed by atoms with Crippen molar-refractivity contribution in [2.24, 2.45) is 0 Å². The zero-order chi connectivity index (χ0) is 15.4. The van der Waals surface area contributed by atoms with Crippen LogP contribution in [0.3, 0.4) is 0 Å². The van der Waals surface area contributed by atoms with Crippen LogP contribution in [0.2, 0.25) is 0 Å². The third kappa shape index (κ3) is 3.67. The van der Waals surface area contributed by atoms with E-state index >= 15 is 0 Å². The van der Waals surface area contributed by atoms with Gasteiger partial charge in [-0.2, -0.15) is 5.10 Å². The maximum absolute atomic E-state index is 12.2. The number of aromatic amines is 1. The number of H-pyrrole nitrogens is 1. The lowest BCUT2D eigenvalue weighted by Gasteiger charge is -2.33. The molecule has 1 aliphatic heterocycles. The summed E-state index contributed by atoms with van der Waals surface area (Å²) in [5, 5.41) is 10.3. The van der Waals surface area contributed by atoms with Crippen molar-refractivity contribution in [1.29, 1.82) is 0 Å². The monoisotopic (exact) mass is 298 g/mol. The van der Waals surface area contributed by atoms with Gasteiger partial charge in [-0.05, 0) is 43.5 Å². The van der Waals surface area contributed by atoms with Crippen molar-refractivity contribution >= 4 is 11.6 Å². The van der Waals surface area contributed by atoms with Crippen LogP contribution in [0.5, 0.6) is 0 Å². The fourth-order valence-corrected chi connectivity index (χ4v) is 2.90. The summed E-state index contributed by atoms with van der Waals surface area (Å²) in [4.78, 5) is 14.2. The highest BCUT2D eigenvalue weighted by molar-refractivity contribution is 5.78. The largest absolute Gasteiger partial charge is 0.382 e. The van der Waals surface area contributed by atoms with E-state index in [1.165, 1.54) is 11.3 Å². The molecule has 0 bridgehead atoms. The number of carbonyl (C=O) groups is 1. The van der Waals surface area contributed by atoms with E-state index in [4.69, 9.17) is 0 Å². The van der Waals surface area contributed by atoms with Gasteiger partial charge >= 0.3 is 0 Å². The van der Waals surface area contributed by atoms with Gasteiger partial charge in [0, 0.05) is 36.7 Å². The number of nitrogens with zero attached hydrogens (tertiary/aromatic N) is 2. The van der Waals surface area contributed by atoms with Gasteiger partial charge in [0.2, 0.25) is 5.91 Å². The lowest BCUT2D eigenvalue weighted by atomic mass is 10.0. The fraction of sp³-hybridized carbons (Fsp3) is 0.412. The average molecular weight is 298 g/mol. The van der Waals surface area contributed by atoms with Gasteiger partial charge in [0.25, 0.3) is 0 Å². The molecule has 0 aliphatic carbocycles. The standard InChI is InChI=1S/C17H22N4O/c1-13-3-2-4-15(11-13)19-14-6-9-21(10-7-14)17(22)12-16-5-8-18-20-16/h2-5,8,11,14,19H,6-7,9-10,12H2,1H3,(H,18,20). The summed E-state index contributed by atoms with van der Waals surface area (Å²) in [5.41, 5.74) is 3.31. The van der Waals surface area contributed by atoms with E-state index in [2.05, 4.69) is 46.7 Å². The summed E-state index contributed by atoms with van der Waals surface area (Å²) in [6, 6.07) is 10.7. The van der Waals surface area contributed by atoms with Crippen molar-refractivity contribution in [3.05, 3.63) is 47.8 Å². The Bertz CT molecular complexity index is 615. The van der Waals surface area contributed by atoms with Crippen molar-refractivity contribution in [2.45, 2.75) is 32.2 Å². The first-order valence-corrected chi connectivity index (χ1v) is 7.80. The van der Waals surface area contributed by atoms with Crippen LogP contribution in [0.15, 0.2) is 36.5 Å². The number of aromatic nitrogens is 2. The van der Waals surface area contributed by atoms with E-state index in [1.807, 2.05) is 11.0 Å². The molecule has 2 N–H and O–H groups in total. The Morgan fingerprint density at radius 2 is 2.18 bits per heavy atom. The van der Waals surface area contributed by atoms with Crippen LogP contribution in [0.4, 0.5) is 5.69 Å². The quantitative estimate of drug-likeness (QED) is 0.911. The Morgan fingerprint density at radius 3 is 2.86 bits per heavy atom. The number of carbonyl (C=O) groups excluding carboxylic acids is 1. The Kier molecular flexibility index (Phi) is 4.42. The molecule has 0 atom stereocenters. The molecule has 5 heteroatoms. The maximum atomic E-state index is 12.2. The molecule has 1 aromatic carbocycles. The highest BCUT2D eigenvalue weighted by atomic mass is 16.2. The molecule has 0 radical (unpaired) electrons. The van der Waals surface area contributed by atoms with Crippen LogP contribution in [0.25, 0.3) is 0 Å². The molecular formula is C17H22N4O. The molecule has 1 fully saturated rings. The van der Waals surface area contributed by atoms with Gasteiger partial charge in [0.1, 0.15) is 0 Å². The predicted octanol–water partition coefficient (Wildman–Crippen LogP) is 2.36. The Hall–Kier alpha value is -2.30. The average Bonchev–Trinajstić information content (AvgIpc) is 3.01. The predicted molar refractivity (Wildman–Crippen MR) is 86.7 cm³/mol. The molecular weight excluding hydrogens is 276 g/mol. The minimum atomic E-state index is 0.179. The summed E-state index contributed by atoms with van der Waals surface area (Å²) in [6.07, 6.45) is 4.07. The Morgan fingerprint density at radius 1 is 1.36 bits per heavy atom. The van der Waals surface area contributed by atoms with Crippen LogP contribution in [-0.2, 0) is 11.2 Å². The normalized spacial score (nSPS) is 15.8. The second kappa shape index (κ2) is 6.64. The molecule has 116 valence electrons. The molecule has 0 spiro atoms. The molecule has 2 heterocycles. The lowest BCUT2D eigenvalue weighted by Crippen LogP contribution is -2.43. The summed E-state index contributed by atoms with van der Waals surface area (Å²) in [6.45, 7) is 3.73. The highest BCUT2D eigenvalue weighted by Crippen LogP contribution is 2.18. The van der Waals surface area contributed by atoms with E-state index in [0.717, 1.165) is 31.6 Å². The second-order valence-electron chi connectivity index (χ2n) is 5.93. The van der Waals surface area contributed by atoms with Crippen LogP contribution in [0, 0.1) is 6.92 Å². The van der Waals surface area contributed by atoms with Gasteiger partial charge < -0.3 is 10.2 Å². The first kappa shape index (κ1) is 14.6. The van der Waals surface area contributed by atoms with Gasteiger partial charge in [-0.3, -0.25) is 9.89 Å². The molecule has 1 aromatic heterocycles. The van der Waals surface area contributed by atoms with Crippen molar-refractivity contribution in [3.63, 3.8) is 0 Å². The molecule has 2 aromatic rings. The number of rotatable bonds is 4. The van der Waals surface area contributed by atoms with Crippen LogP contribution >= 0.6 is 0 Å². The summed E-state index contributed by atoms with van der Waals surface area (Å²) >= 11 is 0. The highest BCUT2D eigenvalue weighted by Gasteiger charge is 2.22. The fourth-order valence-electron chi connectivity index (χ4n) is 2.90. The van der Waals surface area contributed by atoms with E-state index in [-0.39, 0.29) is 5.91 Å². The molecule has 0 unspecified atom stereocenters.